The van der Waals surface area contributed by atoms with Gasteiger partial charge in [-0.15, -0.1) is 5.10 Å². The molecule has 0 fully saturated rings. The Labute approximate surface area is 122 Å². The van der Waals surface area contributed by atoms with Gasteiger partial charge in [0.1, 0.15) is 12.0 Å². The Morgan fingerprint density at radius 3 is 2.81 bits per heavy atom. The second-order valence-electron chi connectivity index (χ2n) is 4.77. The fourth-order valence-corrected chi connectivity index (χ4v) is 2.03. The first-order valence-corrected chi connectivity index (χ1v) is 6.88. The average molecular weight is 286 g/mol. The van der Waals surface area contributed by atoms with Crippen LogP contribution in [0.25, 0.3) is 0 Å². The molecule has 0 aliphatic carbocycles. The third kappa shape index (κ3) is 3.75. The van der Waals surface area contributed by atoms with Gasteiger partial charge in [-0.05, 0) is 25.0 Å². The fourth-order valence-electron chi connectivity index (χ4n) is 2.03. The zero-order valence-electron chi connectivity index (χ0n) is 12.2. The molecule has 0 bridgehead atoms. The monoisotopic (exact) mass is 286 g/mol. The molecule has 2 rings (SSSR count). The molecule has 6 heteroatoms. The number of carbonyl (C=O) groups is 1. The molecule has 6 nitrogen and oxygen atoms in total. The van der Waals surface area contributed by atoms with Gasteiger partial charge in [-0.2, -0.15) is 5.10 Å². The molecule has 0 spiro atoms. The molecule has 1 N–H and O–H groups in total. The summed E-state index contributed by atoms with van der Waals surface area (Å²) >= 11 is 0. The number of amides is 1. The highest BCUT2D eigenvalue weighted by Crippen LogP contribution is 2.16. The van der Waals surface area contributed by atoms with E-state index in [0.717, 1.165) is 17.7 Å². The molecule has 1 aromatic heterocycles. The summed E-state index contributed by atoms with van der Waals surface area (Å²) in [5, 5.41) is 10.4. The first-order chi connectivity index (χ1) is 10.1. The number of nitrogens with zero attached hydrogens (tertiary/aromatic N) is 3. The lowest BCUT2D eigenvalue weighted by molar-refractivity contribution is -0.116. The molecular weight excluding hydrogens is 268 g/mol. The number of aromatic nitrogens is 3. The van der Waals surface area contributed by atoms with Crippen LogP contribution in [-0.2, 0) is 11.3 Å². The molecule has 1 amide bonds. The standard InChI is InChI=1S/C15H18N4O2/c1-3-6-14(20)17-13-8-5-4-7-12(13)10-19-11(2)18-16-9-15(19)21/h4-5,7-9H,3,6,10H2,1-2H3,(H,17,20). The van der Waals surface area contributed by atoms with Crippen LogP contribution in [0.5, 0.6) is 0 Å². The van der Waals surface area contributed by atoms with E-state index in [-0.39, 0.29) is 11.5 Å². The molecule has 0 atom stereocenters. The van der Waals surface area contributed by atoms with Crippen LogP contribution in [0.3, 0.4) is 0 Å². The van der Waals surface area contributed by atoms with Crippen LogP contribution in [0.1, 0.15) is 31.2 Å². The van der Waals surface area contributed by atoms with Gasteiger partial charge in [-0.25, -0.2) is 0 Å². The van der Waals surface area contributed by atoms with Crippen LogP contribution in [0.2, 0.25) is 0 Å². The van der Waals surface area contributed by atoms with Gasteiger partial charge in [-0.3, -0.25) is 14.2 Å². The quantitative estimate of drug-likeness (QED) is 0.908. The Bertz CT molecular complexity index is 694. The molecule has 0 radical (unpaired) electrons. The summed E-state index contributed by atoms with van der Waals surface area (Å²) in [4.78, 5) is 23.6. The van der Waals surface area contributed by atoms with E-state index >= 15 is 0 Å². The molecule has 0 saturated heterocycles. The van der Waals surface area contributed by atoms with Crippen LogP contribution >= 0.6 is 0 Å². The third-order valence-corrected chi connectivity index (χ3v) is 3.12. The number of hydrogen-bond donors (Lipinski definition) is 1. The van der Waals surface area contributed by atoms with E-state index in [0.29, 0.717) is 18.8 Å². The Balaban J connectivity index is 2.28. The lowest BCUT2D eigenvalue weighted by Gasteiger charge is -2.13. The Kier molecular flexibility index (Phi) is 4.81. The summed E-state index contributed by atoms with van der Waals surface area (Å²) < 4.78 is 1.53. The highest BCUT2D eigenvalue weighted by atomic mass is 16.1. The predicted molar refractivity (Wildman–Crippen MR) is 80.1 cm³/mol. The third-order valence-electron chi connectivity index (χ3n) is 3.12. The Morgan fingerprint density at radius 2 is 2.10 bits per heavy atom. The van der Waals surface area contributed by atoms with Gasteiger partial charge in [-0.1, -0.05) is 25.1 Å². The zero-order chi connectivity index (χ0) is 15.2. The minimum atomic E-state index is -0.211. The predicted octanol–water partition coefficient (Wildman–Crippen LogP) is 1.73. The maximum absolute atomic E-state index is 11.9. The van der Waals surface area contributed by atoms with Gasteiger partial charge in [0.2, 0.25) is 5.91 Å². The van der Waals surface area contributed by atoms with E-state index in [4.69, 9.17) is 0 Å². The molecule has 1 aromatic carbocycles. The number of carbonyl (C=O) groups excluding carboxylic acids is 1. The lowest BCUT2D eigenvalue weighted by atomic mass is 10.1. The number of aryl methyl sites for hydroxylation is 1. The SMILES string of the molecule is CCCC(=O)Nc1ccccc1Cn1c(C)nncc1=O. The number of para-hydroxylation sites is 1. The largest absolute Gasteiger partial charge is 0.326 e. The van der Waals surface area contributed by atoms with E-state index in [1.165, 1.54) is 10.8 Å². The first kappa shape index (κ1) is 14.9. The molecule has 21 heavy (non-hydrogen) atoms. The summed E-state index contributed by atoms with van der Waals surface area (Å²) in [5.74, 6) is 0.513. The molecule has 0 unspecified atom stereocenters. The van der Waals surface area contributed by atoms with Crippen LogP contribution in [0.4, 0.5) is 5.69 Å². The first-order valence-electron chi connectivity index (χ1n) is 6.88. The van der Waals surface area contributed by atoms with Gasteiger partial charge in [0, 0.05) is 12.1 Å². The van der Waals surface area contributed by atoms with Crippen molar-refractivity contribution < 1.29 is 4.79 Å². The van der Waals surface area contributed by atoms with E-state index < -0.39 is 0 Å². The minimum absolute atomic E-state index is 0.0260. The van der Waals surface area contributed by atoms with Crippen molar-refractivity contribution in [1.82, 2.24) is 14.8 Å². The summed E-state index contributed by atoms with van der Waals surface area (Å²) in [5.41, 5.74) is 1.37. The second kappa shape index (κ2) is 6.78. The molecule has 0 aliphatic heterocycles. The van der Waals surface area contributed by atoms with Crippen molar-refractivity contribution in [3.05, 3.63) is 52.2 Å². The maximum atomic E-state index is 11.9. The van der Waals surface area contributed by atoms with Gasteiger partial charge >= 0.3 is 0 Å². The number of anilines is 1. The highest BCUT2D eigenvalue weighted by molar-refractivity contribution is 5.91. The maximum Gasteiger partial charge on any atom is 0.272 e. The molecule has 0 saturated carbocycles. The van der Waals surface area contributed by atoms with Gasteiger partial charge in [0.05, 0.1) is 6.54 Å². The zero-order valence-corrected chi connectivity index (χ0v) is 12.2. The average Bonchev–Trinajstić information content (AvgIpc) is 2.45. The van der Waals surface area contributed by atoms with Crippen molar-refractivity contribution in [2.75, 3.05) is 5.32 Å². The molecule has 2 aromatic rings. The van der Waals surface area contributed by atoms with Crippen molar-refractivity contribution >= 4 is 11.6 Å². The van der Waals surface area contributed by atoms with Gasteiger partial charge < -0.3 is 5.32 Å². The van der Waals surface area contributed by atoms with Crippen molar-refractivity contribution in [3.63, 3.8) is 0 Å². The topological polar surface area (TPSA) is 76.9 Å². The summed E-state index contributed by atoms with van der Waals surface area (Å²) in [6, 6.07) is 7.44. The van der Waals surface area contributed by atoms with E-state index in [2.05, 4.69) is 15.5 Å². The Hall–Kier alpha value is -2.50. The number of rotatable bonds is 5. The van der Waals surface area contributed by atoms with E-state index in [1.807, 2.05) is 31.2 Å². The molecular formula is C15H18N4O2. The Morgan fingerprint density at radius 1 is 1.33 bits per heavy atom. The van der Waals surface area contributed by atoms with Crippen LogP contribution in [0.15, 0.2) is 35.3 Å². The molecule has 0 aliphatic rings. The number of benzene rings is 1. The van der Waals surface area contributed by atoms with Crippen molar-refractivity contribution in [2.24, 2.45) is 0 Å². The number of nitrogens with one attached hydrogen (secondary N) is 1. The number of hydrogen-bond acceptors (Lipinski definition) is 4. The molecule has 110 valence electrons. The second-order valence-corrected chi connectivity index (χ2v) is 4.77. The van der Waals surface area contributed by atoms with Crippen molar-refractivity contribution in [2.45, 2.75) is 33.2 Å². The van der Waals surface area contributed by atoms with Crippen molar-refractivity contribution in [3.8, 4) is 0 Å². The summed E-state index contributed by atoms with van der Waals surface area (Å²) in [6.07, 6.45) is 2.45. The lowest BCUT2D eigenvalue weighted by Crippen LogP contribution is -2.25. The van der Waals surface area contributed by atoms with E-state index in [1.54, 1.807) is 6.92 Å². The normalized spacial score (nSPS) is 10.4. The van der Waals surface area contributed by atoms with Crippen molar-refractivity contribution in [1.29, 1.82) is 0 Å². The van der Waals surface area contributed by atoms with E-state index in [9.17, 15) is 9.59 Å². The molecule has 1 heterocycles. The smallest absolute Gasteiger partial charge is 0.272 e. The van der Waals surface area contributed by atoms with Gasteiger partial charge in [0.15, 0.2) is 0 Å². The van der Waals surface area contributed by atoms with Crippen LogP contribution in [-0.4, -0.2) is 20.7 Å². The van der Waals surface area contributed by atoms with Crippen LogP contribution < -0.4 is 10.9 Å². The minimum Gasteiger partial charge on any atom is -0.326 e. The fraction of sp³-hybridized carbons (Fsp3) is 0.333. The summed E-state index contributed by atoms with van der Waals surface area (Å²) in [7, 11) is 0. The summed E-state index contributed by atoms with van der Waals surface area (Å²) in [6.45, 7) is 4.03. The van der Waals surface area contributed by atoms with Gasteiger partial charge in [0.25, 0.3) is 5.56 Å². The van der Waals surface area contributed by atoms with Crippen LogP contribution in [0, 0.1) is 6.92 Å². The highest BCUT2D eigenvalue weighted by Gasteiger charge is 2.09.